The SMILES string of the molecule is CCCN(CCC)C(=O)C1CCN(C(=O)Cc2ccc(Cl)cc2)CC1. The average Bonchev–Trinajstić information content (AvgIpc) is 2.63. The van der Waals surface area contributed by atoms with Crippen LogP contribution in [0.3, 0.4) is 0 Å². The number of halogens is 1. The van der Waals surface area contributed by atoms with Crippen LogP contribution in [0.2, 0.25) is 5.02 Å². The number of piperidine rings is 1. The maximum absolute atomic E-state index is 12.7. The highest BCUT2D eigenvalue weighted by molar-refractivity contribution is 6.30. The fraction of sp³-hybridized carbons (Fsp3) is 0.600. The first-order valence-electron chi connectivity index (χ1n) is 9.36. The Labute approximate surface area is 156 Å². The molecule has 4 nitrogen and oxygen atoms in total. The second kappa shape index (κ2) is 9.81. The van der Waals surface area contributed by atoms with Gasteiger partial charge in [-0.25, -0.2) is 0 Å². The van der Waals surface area contributed by atoms with E-state index < -0.39 is 0 Å². The van der Waals surface area contributed by atoms with Crippen LogP contribution in [0.5, 0.6) is 0 Å². The molecule has 1 saturated heterocycles. The van der Waals surface area contributed by atoms with Crippen molar-refractivity contribution in [3.05, 3.63) is 34.9 Å². The Kier molecular flexibility index (Phi) is 7.76. The summed E-state index contributed by atoms with van der Waals surface area (Å²) in [4.78, 5) is 29.0. The standard InChI is InChI=1S/C20H29ClN2O2/c1-3-11-23(12-4-2)20(25)17-9-13-22(14-10-17)19(24)15-16-5-7-18(21)8-6-16/h5-8,17H,3-4,9-15H2,1-2H3. The third kappa shape index (κ3) is 5.74. The van der Waals surface area contributed by atoms with Gasteiger partial charge >= 0.3 is 0 Å². The molecule has 2 rings (SSSR count). The van der Waals surface area contributed by atoms with Crippen LogP contribution in [0.25, 0.3) is 0 Å². The maximum atomic E-state index is 12.7. The van der Waals surface area contributed by atoms with Crippen molar-refractivity contribution in [1.82, 2.24) is 9.80 Å². The first-order chi connectivity index (χ1) is 12.0. The molecule has 0 aromatic heterocycles. The predicted molar refractivity (Wildman–Crippen MR) is 102 cm³/mol. The van der Waals surface area contributed by atoms with Crippen molar-refractivity contribution in [2.45, 2.75) is 46.0 Å². The van der Waals surface area contributed by atoms with Crippen LogP contribution in [-0.2, 0) is 16.0 Å². The lowest BCUT2D eigenvalue weighted by atomic mass is 9.94. The third-order valence-corrected chi connectivity index (χ3v) is 5.02. The summed E-state index contributed by atoms with van der Waals surface area (Å²) in [6, 6.07) is 7.41. The van der Waals surface area contributed by atoms with Gasteiger partial charge in [0, 0.05) is 37.1 Å². The predicted octanol–water partition coefficient (Wildman–Crippen LogP) is 3.77. The molecule has 0 radical (unpaired) electrons. The topological polar surface area (TPSA) is 40.6 Å². The molecular formula is C20H29ClN2O2. The molecule has 1 aromatic rings. The van der Waals surface area contributed by atoms with Crippen molar-refractivity contribution >= 4 is 23.4 Å². The Morgan fingerprint density at radius 2 is 1.64 bits per heavy atom. The summed E-state index contributed by atoms with van der Waals surface area (Å²) >= 11 is 5.88. The highest BCUT2D eigenvalue weighted by atomic mass is 35.5. The number of nitrogens with zero attached hydrogens (tertiary/aromatic N) is 2. The molecule has 1 aromatic carbocycles. The van der Waals surface area contributed by atoms with E-state index in [1.807, 2.05) is 34.1 Å². The molecule has 138 valence electrons. The molecule has 5 heteroatoms. The number of rotatable bonds is 7. The largest absolute Gasteiger partial charge is 0.342 e. The van der Waals surface area contributed by atoms with Crippen molar-refractivity contribution in [3.8, 4) is 0 Å². The second-order valence-corrected chi connectivity index (χ2v) is 7.22. The van der Waals surface area contributed by atoms with Crippen molar-refractivity contribution in [1.29, 1.82) is 0 Å². The zero-order chi connectivity index (χ0) is 18.2. The summed E-state index contributed by atoms with van der Waals surface area (Å²) in [6.45, 7) is 7.23. The van der Waals surface area contributed by atoms with Gasteiger partial charge in [0.25, 0.3) is 0 Å². The van der Waals surface area contributed by atoms with Crippen LogP contribution in [0.1, 0.15) is 45.1 Å². The van der Waals surface area contributed by atoms with Crippen LogP contribution in [0.4, 0.5) is 0 Å². The van der Waals surface area contributed by atoms with E-state index in [9.17, 15) is 9.59 Å². The number of likely N-dealkylation sites (tertiary alicyclic amines) is 1. The lowest BCUT2D eigenvalue weighted by Crippen LogP contribution is -2.45. The van der Waals surface area contributed by atoms with Crippen molar-refractivity contribution in [2.24, 2.45) is 5.92 Å². The minimum Gasteiger partial charge on any atom is -0.342 e. The monoisotopic (exact) mass is 364 g/mol. The molecular weight excluding hydrogens is 336 g/mol. The van der Waals surface area contributed by atoms with Gasteiger partial charge in [0.1, 0.15) is 0 Å². The van der Waals surface area contributed by atoms with E-state index in [0.29, 0.717) is 24.5 Å². The fourth-order valence-electron chi connectivity index (χ4n) is 3.39. The summed E-state index contributed by atoms with van der Waals surface area (Å²) in [5.41, 5.74) is 0.977. The summed E-state index contributed by atoms with van der Waals surface area (Å²) in [7, 11) is 0. The number of hydrogen-bond acceptors (Lipinski definition) is 2. The van der Waals surface area contributed by atoms with Gasteiger partial charge in [-0.1, -0.05) is 37.6 Å². The van der Waals surface area contributed by atoms with Gasteiger partial charge in [-0.3, -0.25) is 9.59 Å². The zero-order valence-corrected chi connectivity index (χ0v) is 16.1. The number of hydrogen-bond donors (Lipinski definition) is 0. The van der Waals surface area contributed by atoms with Gasteiger partial charge in [0.15, 0.2) is 0 Å². The van der Waals surface area contributed by atoms with E-state index in [-0.39, 0.29) is 17.7 Å². The van der Waals surface area contributed by atoms with Gasteiger partial charge < -0.3 is 9.80 Å². The molecule has 2 amide bonds. The molecule has 1 fully saturated rings. The summed E-state index contributed by atoms with van der Waals surface area (Å²) in [6.07, 6.45) is 3.92. The van der Waals surface area contributed by atoms with Crippen LogP contribution >= 0.6 is 11.6 Å². The molecule has 0 N–H and O–H groups in total. The first-order valence-corrected chi connectivity index (χ1v) is 9.74. The van der Waals surface area contributed by atoms with Gasteiger partial charge in [-0.15, -0.1) is 0 Å². The molecule has 0 spiro atoms. The smallest absolute Gasteiger partial charge is 0.226 e. The van der Waals surface area contributed by atoms with Crippen LogP contribution in [0.15, 0.2) is 24.3 Å². The highest BCUT2D eigenvalue weighted by Gasteiger charge is 2.29. The number of amides is 2. The Hall–Kier alpha value is -1.55. The van der Waals surface area contributed by atoms with E-state index in [2.05, 4.69) is 13.8 Å². The molecule has 0 saturated carbocycles. The quantitative estimate of drug-likeness (QED) is 0.738. The van der Waals surface area contributed by atoms with Gasteiger partial charge in [0.05, 0.1) is 6.42 Å². The number of carbonyl (C=O) groups excluding carboxylic acids is 2. The first kappa shape index (κ1) is 19.8. The Bertz CT molecular complexity index is 560. The Morgan fingerprint density at radius 3 is 2.16 bits per heavy atom. The molecule has 1 aliphatic rings. The molecule has 0 unspecified atom stereocenters. The maximum Gasteiger partial charge on any atom is 0.226 e. The van der Waals surface area contributed by atoms with E-state index in [4.69, 9.17) is 11.6 Å². The van der Waals surface area contributed by atoms with E-state index in [0.717, 1.165) is 44.3 Å². The molecule has 0 atom stereocenters. The van der Waals surface area contributed by atoms with Gasteiger partial charge in [-0.05, 0) is 43.4 Å². The molecule has 1 aliphatic heterocycles. The van der Waals surface area contributed by atoms with Gasteiger partial charge in [-0.2, -0.15) is 0 Å². The minimum atomic E-state index is 0.0673. The average molecular weight is 365 g/mol. The Morgan fingerprint density at radius 1 is 1.08 bits per heavy atom. The van der Waals surface area contributed by atoms with E-state index in [1.54, 1.807) is 0 Å². The van der Waals surface area contributed by atoms with Crippen LogP contribution in [-0.4, -0.2) is 47.8 Å². The number of benzene rings is 1. The fourth-order valence-corrected chi connectivity index (χ4v) is 3.52. The summed E-state index contributed by atoms with van der Waals surface area (Å²) < 4.78 is 0. The molecule has 25 heavy (non-hydrogen) atoms. The molecule has 0 aliphatic carbocycles. The van der Waals surface area contributed by atoms with E-state index >= 15 is 0 Å². The molecule has 0 bridgehead atoms. The molecule has 1 heterocycles. The normalized spacial score (nSPS) is 15.2. The lowest BCUT2D eigenvalue weighted by molar-refractivity contribution is -0.140. The van der Waals surface area contributed by atoms with Crippen molar-refractivity contribution < 1.29 is 9.59 Å². The summed E-state index contributed by atoms with van der Waals surface area (Å²) in [5.74, 6) is 0.471. The van der Waals surface area contributed by atoms with E-state index in [1.165, 1.54) is 0 Å². The second-order valence-electron chi connectivity index (χ2n) is 6.78. The third-order valence-electron chi connectivity index (χ3n) is 4.76. The summed E-state index contributed by atoms with van der Waals surface area (Å²) in [5, 5.41) is 0.680. The lowest BCUT2D eigenvalue weighted by Gasteiger charge is -2.34. The van der Waals surface area contributed by atoms with Crippen molar-refractivity contribution in [2.75, 3.05) is 26.2 Å². The number of carbonyl (C=O) groups is 2. The Balaban J connectivity index is 1.84. The zero-order valence-electron chi connectivity index (χ0n) is 15.3. The van der Waals surface area contributed by atoms with Gasteiger partial charge in [0.2, 0.25) is 11.8 Å². The minimum absolute atomic E-state index is 0.0673. The van der Waals surface area contributed by atoms with Crippen LogP contribution < -0.4 is 0 Å². The highest BCUT2D eigenvalue weighted by Crippen LogP contribution is 2.21. The van der Waals surface area contributed by atoms with Crippen LogP contribution in [0, 0.1) is 5.92 Å². The van der Waals surface area contributed by atoms with Crippen molar-refractivity contribution in [3.63, 3.8) is 0 Å².